The SMILES string of the molecule is C[C@H](NC(=O)Cn1ccc(=O)n(C)c1=O)c1ccncc1. The molecule has 0 spiro atoms. The molecule has 1 atom stereocenters. The molecule has 2 rings (SSSR count). The Morgan fingerprint density at radius 1 is 1.29 bits per heavy atom. The van der Waals surface area contributed by atoms with Crippen LogP contribution in [-0.4, -0.2) is 20.0 Å². The second kappa shape index (κ2) is 6.17. The molecule has 0 aromatic carbocycles. The van der Waals surface area contributed by atoms with Gasteiger partial charge in [0.15, 0.2) is 0 Å². The maximum atomic E-state index is 12.0. The Hall–Kier alpha value is -2.70. The summed E-state index contributed by atoms with van der Waals surface area (Å²) in [5.41, 5.74) is 0.00202. The van der Waals surface area contributed by atoms with E-state index in [4.69, 9.17) is 0 Å². The number of amides is 1. The molecule has 7 nitrogen and oxygen atoms in total. The average Bonchev–Trinajstić information content (AvgIpc) is 2.49. The summed E-state index contributed by atoms with van der Waals surface area (Å²) in [7, 11) is 1.37. The lowest BCUT2D eigenvalue weighted by Gasteiger charge is -2.14. The molecule has 0 radical (unpaired) electrons. The number of carbonyl (C=O) groups is 1. The van der Waals surface area contributed by atoms with E-state index in [0.29, 0.717) is 0 Å². The van der Waals surface area contributed by atoms with Gasteiger partial charge in [-0.3, -0.25) is 23.7 Å². The van der Waals surface area contributed by atoms with Crippen LogP contribution in [-0.2, 0) is 18.4 Å². The van der Waals surface area contributed by atoms with Crippen LogP contribution in [0.25, 0.3) is 0 Å². The number of aromatic nitrogens is 3. The lowest BCUT2D eigenvalue weighted by atomic mass is 10.1. The van der Waals surface area contributed by atoms with Gasteiger partial charge in [0.1, 0.15) is 6.54 Å². The van der Waals surface area contributed by atoms with Crippen LogP contribution in [0.1, 0.15) is 18.5 Å². The maximum Gasteiger partial charge on any atom is 0.331 e. The predicted octanol–water partition coefficient (Wildman–Crippen LogP) is -0.181. The Morgan fingerprint density at radius 3 is 2.62 bits per heavy atom. The van der Waals surface area contributed by atoms with E-state index in [1.54, 1.807) is 12.4 Å². The van der Waals surface area contributed by atoms with E-state index in [-0.39, 0.29) is 18.5 Å². The quantitative estimate of drug-likeness (QED) is 0.845. The highest BCUT2D eigenvalue weighted by molar-refractivity contribution is 5.76. The Bertz CT molecular complexity index is 749. The van der Waals surface area contributed by atoms with E-state index in [9.17, 15) is 14.4 Å². The number of nitrogens with zero attached hydrogens (tertiary/aromatic N) is 3. The van der Waals surface area contributed by atoms with Gasteiger partial charge in [-0.2, -0.15) is 0 Å². The van der Waals surface area contributed by atoms with Crippen LogP contribution in [0.2, 0.25) is 0 Å². The van der Waals surface area contributed by atoms with E-state index in [2.05, 4.69) is 10.3 Å². The van der Waals surface area contributed by atoms with Crippen molar-refractivity contribution in [3.63, 3.8) is 0 Å². The summed E-state index contributed by atoms with van der Waals surface area (Å²) in [6.45, 7) is 1.71. The van der Waals surface area contributed by atoms with Crippen molar-refractivity contribution in [1.29, 1.82) is 0 Å². The molecule has 0 saturated carbocycles. The van der Waals surface area contributed by atoms with Crippen molar-refractivity contribution in [3.8, 4) is 0 Å². The van der Waals surface area contributed by atoms with E-state index >= 15 is 0 Å². The lowest BCUT2D eigenvalue weighted by Crippen LogP contribution is -2.40. The molecular weight excluding hydrogens is 272 g/mol. The molecule has 7 heteroatoms. The summed E-state index contributed by atoms with van der Waals surface area (Å²) in [5, 5.41) is 2.79. The Morgan fingerprint density at radius 2 is 1.95 bits per heavy atom. The minimum Gasteiger partial charge on any atom is -0.348 e. The first-order chi connectivity index (χ1) is 9.99. The topological polar surface area (TPSA) is 86.0 Å². The lowest BCUT2D eigenvalue weighted by molar-refractivity contribution is -0.122. The fourth-order valence-electron chi connectivity index (χ4n) is 1.91. The number of carbonyl (C=O) groups excluding carboxylic acids is 1. The summed E-state index contributed by atoms with van der Waals surface area (Å²) in [5.74, 6) is -0.305. The highest BCUT2D eigenvalue weighted by Crippen LogP contribution is 2.09. The molecule has 2 aromatic rings. The molecule has 0 saturated heterocycles. The molecule has 1 amide bonds. The minimum atomic E-state index is -0.519. The number of hydrogen-bond acceptors (Lipinski definition) is 4. The molecule has 110 valence electrons. The van der Waals surface area contributed by atoms with Gasteiger partial charge < -0.3 is 5.32 Å². The maximum absolute atomic E-state index is 12.0. The summed E-state index contributed by atoms with van der Waals surface area (Å²) in [6.07, 6.45) is 4.62. The third kappa shape index (κ3) is 3.44. The van der Waals surface area contributed by atoms with Crippen LogP contribution < -0.4 is 16.6 Å². The summed E-state index contributed by atoms with van der Waals surface area (Å²) in [6, 6.07) is 4.68. The molecule has 21 heavy (non-hydrogen) atoms. The highest BCUT2D eigenvalue weighted by atomic mass is 16.2. The van der Waals surface area contributed by atoms with Gasteiger partial charge in [0, 0.05) is 31.7 Å². The Kier molecular flexibility index (Phi) is 4.32. The van der Waals surface area contributed by atoms with Gasteiger partial charge in [0.25, 0.3) is 5.56 Å². The van der Waals surface area contributed by atoms with Gasteiger partial charge >= 0.3 is 5.69 Å². The zero-order valence-electron chi connectivity index (χ0n) is 11.8. The fraction of sp³-hybridized carbons (Fsp3) is 0.286. The standard InChI is InChI=1S/C14H16N4O3/c1-10(11-3-6-15-7-4-11)16-12(19)9-18-8-5-13(20)17(2)14(18)21/h3-8,10H,9H2,1-2H3,(H,16,19)/t10-/m0/s1. The van der Waals surface area contributed by atoms with Crippen LogP contribution in [0.15, 0.2) is 46.4 Å². The van der Waals surface area contributed by atoms with Crippen molar-refractivity contribution < 1.29 is 4.79 Å². The van der Waals surface area contributed by atoms with Gasteiger partial charge in [-0.15, -0.1) is 0 Å². The van der Waals surface area contributed by atoms with Gasteiger partial charge in [-0.25, -0.2) is 4.79 Å². The van der Waals surface area contributed by atoms with Crippen LogP contribution >= 0.6 is 0 Å². The zero-order valence-corrected chi connectivity index (χ0v) is 11.8. The third-order valence-corrected chi connectivity index (χ3v) is 3.16. The summed E-state index contributed by atoms with van der Waals surface area (Å²) in [4.78, 5) is 39.0. The molecule has 0 aliphatic heterocycles. The largest absolute Gasteiger partial charge is 0.348 e. The van der Waals surface area contributed by atoms with Crippen LogP contribution in [0, 0.1) is 0 Å². The molecule has 0 bridgehead atoms. The normalized spacial score (nSPS) is 11.9. The van der Waals surface area contributed by atoms with E-state index in [0.717, 1.165) is 10.1 Å². The molecule has 2 heterocycles. The number of rotatable bonds is 4. The molecular formula is C14H16N4O3. The highest BCUT2D eigenvalue weighted by Gasteiger charge is 2.11. The van der Waals surface area contributed by atoms with Crippen LogP contribution in [0.4, 0.5) is 0 Å². The smallest absolute Gasteiger partial charge is 0.331 e. The van der Waals surface area contributed by atoms with Crippen LogP contribution in [0.5, 0.6) is 0 Å². The first-order valence-electron chi connectivity index (χ1n) is 6.45. The minimum absolute atomic E-state index is 0.137. The van der Waals surface area contributed by atoms with Gasteiger partial charge in [0.05, 0.1) is 6.04 Å². The predicted molar refractivity (Wildman–Crippen MR) is 76.7 cm³/mol. The van der Waals surface area contributed by atoms with Crippen molar-refractivity contribution in [2.45, 2.75) is 19.5 Å². The first-order valence-corrected chi connectivity index (χ1v) is 6.45. The van der Waals surface area contributed by atoms with E-state index < -0.39 is 11.2 Å². The van der Waals surface area contributed by atoms with Crippen molar-refractivity contribution in [1.82, 2.24) is 19.4 Å². The van der Waals surface area contributed by atoms with Crippen molar-refractivity contribution >= 4 is 5.91 Å². The molecule has 0 fully saturated rings. The van der Waals surface area contributed by atoms with E-state index in [1.807, 2.05) is 19.1 Å². The monoisotopic (exact) mass is 288 g/mol. The molecule has 0 unspecified atom stereocenters. The summed E-state index contributed by atoms with van der Waals surface area (Å²) >= 11 is 0. The Labute approximate surface area is 120 Å². The van der Waals surface area contributed by atoms with Crippen molar-refractivity contribution in [3.05, 3.63) is 63.2 Å². The fourth-order valence-corrected chi connectivity index (χ4v) is 1.91. The Balaban J connectivity index is 2.08. The molecule has 2 aromatic heterocycles. The zero-order chi connectivity index (χ0) is 15.4. The van der Waals surface area contributed by atoms with Crippen LogP contribution in [0.3, 0.4) is 0 Å². The van der Waals surface area contributed by atoms with Gasteiger partial charge in [-0.05, 0) is 24.6 Å². The number of pyridine rings is 1. The second-order valence-corrected chi connectivity index (χ2v) is 4.69. The van der Waals surface area contributed by atoms with Gasteiger partial charge in [0.2, 0.25) is 5.91 Å². The van der Waals surface area contributed by atoms with Crippen molar-refractivity contribution in [2.24, 2.45) is 7.05 Å². The molecule has 0 aliphatic rings. The van der Waals surface area contributed by atoms with Crippen molar-refractivity contribution in [2.75, 3.05) is 0 Å². The molecule has 0 aliphatic carbocycles. The number of nitrogens with one attached hydrogen (secondary N) is 1. The summed E-state index contributed by atoms with van der Waals surface area (Å²) < 4.78 is 2.15. The third-order valence-electron chi connectivity index (χ3n) is 3.16. The molecule has 1 N–H and O–H groups in total. The van der Waals surface area contributed by atoms with E-state index in [1.165, 1.54) is 23.9 Å². The first kappa shape index (κ1) is 14.7. The second-order valence-electron chi connectivity index (χ2n) is 4.69. The number of hydrogen-bond donors (Lipinski definition) is 1. The van der Waals surface area contributed by atoms with Gasteiger partial charge in [-0.1, -0.05) is 0 Å². The average molecular weight is 288 g/mol.